The van der Waals surface area contributed by atoms with Gasteiger partial charge in [-0.05, 0) is 47.5 Å². The molecule has 2 aromatic carbocycles. The van der Waals surface area contributed by atoms with Crippen molar-refractivity contribution in [3.63, 3.8) is 0 Å². The van der Waals surface area contributed by atoms with Crippen LogP contribution in [-0.2, 0) is 27.8 Å². The van der Waals surface area contributed by atoms with E-state index in [4.69, 9.17) is 0 Å². The molecule has 0 unspecified atom stereocenters. The second-order valence-corrected chi connectivity index (χ2v) is 9.84. The predicted molar refractivity (Wildman–Crippen MR) is 111 cm³/mol. The number of fused-ring (bicyclic) bond motifs is 1. The molecule has 1 aliphatic rings. The van der Waals surface area contributed by atoms with Crippen LogP contribution < -0.4 is 5.32 Å². The Bertz CT molecular complexity index is 1110. The first-order valence-corrected chi connectivity index (χ1v) is 11.3. The number of carbonyl (C=O) groups excluding carboxylic acids is 1. The van der Waals surface area contributed by atoms with Crippen LogP contribution in [0.2, 0.25) is 0 Å². The van der Waals surface area contributed by atoms with Crippen LogP contribution in [0.25, 0.3) is 0 Å². The van der Waals surface area contributed by atoms with Crippen LogP contribution in [0.5, 0.6) is 0 Å². The summed E-state index contributed by atoms with van der Waals surface area (Å²) in [6, 6.07) is 17.6. The number of rotatable bonds is 4. The number of amides is 1. The molecule has 0 spiro atoms. The average Bonchev–Trinajstić information content (AvgIpc) is 3.24. The lowest BCUT2D eigenvalue weighted by molar-refractivity contribution is -0.120. The highest BCUT2D eigenvalue weighted by atomic mass is 32.2. The first-order chi connectivity index (χ1) is 13.5. The fourth-order valence-electron chi connectivity index (χ4n) is 3.43. The summed E-state index contributed by atoms with van der Waals surface area (Å²) in [6.45, 7) is 2.09. The summed E-state index contributed by atoms with van der Waals surface area (Å²) in [5.74, 6) is -0.316. The second kappa shape index (κ2) is 7.50. The smallest absolute Gasteiger partial charge is 0.253 e. The highest BCUT2D eigenvalue weighted by Gasteiger charge is 2.40. The van der Waals surface area contributed by atoms with Crippen LogP contribution >= 0.6 is 11.3 Å². The number of thiophene rings is 1. The summed E-state index contributed by atoms with van der Waals surface area (Å²) in [6.07, 6.45) is 0.346. The third kappa shape index (κ3) is 3.48. The summed E-state index contributed by atoms with van der Waals surface area (Å²) in [4.78, 5) is 13.1. The average molecular weight is 413 g/mol. The molecular weight excluding hydrogens is 392 g/mol. The van der Waals surface area contributed by atoms with Crippen molar-refractivity contribution < 1.29 is 13.2 Å². The molecule has 2 heterocycles. The molecule has 144 valence electrons. The Morgan fingerprint density at radius 2 is 1.75 bits per heavy atom. The number of nitrogens with one attached hydrogen (secondary N) is 1. The first kappa shape index (κ1) is 18.9. The fourth-order valence-corrected chi connectivity index (χ4v) is 6.11. The van der Waals surface area contributed by atoms with Crippen molar-refractivity contribution in [1.29, 1.82) is 0 Å². The van der Waals surface area contributed by atoms with Crippen molar-refractivity contribution in [2.24, 2.45) is 0 Å². The number of sulfonamides is 1. The zero-order chi connectivity index (χ0) is 19.7. The molecule has 0 aliphatic carbocycles. The van der Waals surface area contributed by atoms with Crippen molar-refractivity contribution in [3.8, 4) is 0 Å². The quantitative estimate of drug-likeness (QED) is 0.709. The molecule has 0 radical (unpaired) electrons. The lowest BCUT2D eigenvalue weighted by Gasteiger charge is -2.34. The number of anilines is 1. The standard InChI is InChI=1S/C21H20N2O3S2/c1-15-7-2-5-10-18(15)22-21(24)19-13-16-8-3-4-9-17(16)14-23(19)28(25,26)20-11-6-12-27-20/h2-12,19H,13-14H2,1H3,(H,22,24)/t19-/m0/s1. The van der Waals surface area contributed by atoms with Gasteiger partial charge < -0.3 is 5.32 Å². The lowest BCUT2D eigenvalue weighted by Crippen LogP contribution is -2.50. The van der Waals surface area contributed by atoms with E-state index in [1.807, 2.05) is 55.5 Å². The van der Waals surface area contributed by atoms with E-state index in [1.165, 1.54) is 4.31 Å². The SMILES string of the molecule is Cc1ccccc1NC(=O)[C@@H]1Cc2ccccc2CN1S(=O)(=O)c1cccs1. The highest BCUT2D eigenvalue weighted by Crippen LogP contribution is 2.31. The first-order valence-electron chi connectivity index (χ1n) is 8.95. The van der Waals surface area contributed by atoms with Crippen LogP contribution in [0.4, 0.5) is 5.69 Å². The fraction of sp³-hybridized carbons (Fsp3) is 0.190. The van der Waals surface area contributed by atoms with E-state index in [1.54, 1.807) is 17.5 Å². The molecule has 1 atom stereocenters. The second-order valence-electron chi connectivity index (χ2n) is 6.78. The minimum Gasteiger partial charge on any atom is -0.324 e. The number of benzene rings is 2. The van der Waals surface area contributed by atoms with Gasteiger partial charge in [0, 0.05) is 12.2 Å². The molecule has 1 aromatic heterocycles. The minimum atomic E-state index is -3.77. The molecule has 0 saturated carbocycles. The van der Waals surface area contributed by atoms with Gasteiger partial charge in [-0.15, -0.1) is 11.3 Å². The van der Waals surface area contributed by atoms with Gasteiger partial charge in [-0.3, -0.25) is 4.79 Å². The van der Waals surface area contributed by atoms with E-state index in [2.05, 4.69) is 5.32 Å². The van der Waals surface area contributed by atoms with Gasteiger partial charge in [0.2, 0.25) is 5.91 Å². The van der Waals surface area contributed by atoms with Crippen molar-refractivity contribution in [1.82, 2.24) is 4.31 Å². The number of nitrogens with zero attached hydrogens (tertiary/aromatic N) is 1. The van der Waals surface area contributed by atoms with Crippen molar-refractivity contribution in [2.45, 2.75) is 30.1 Å². The Hall–Kier alpha value is -2.48. The monoisotopic (exact) mass is 412 g/mol. The number of aryl methyl sites for hydroxylation is 1. The van der Waals surface area contributed by atoms with Gasteiger partial charge in [0.05, 0.1) is 0 Å². The number of hydrogen-bond acceptors (Lipinski definition) is 4. The van der Waals surface area contributed by atoms with Gasteiger partial charge in [0.25, 0.3) is 10.0 Å². The minimum absolute atomic E-state index is 0.183. The Balaban J connectivity index is 1.72. The maximum absolute atomic E-state index is 13.2. The third-order valence-electron chi connectivity index (χ3n) is 4.97. The summed E-state index contributed by atoms with van der Waals surface area (Å²) in [7, 11) is -3.77. The summed E-state index contributed by atoms with van der Waals surface area (Å²) in [5.41, 5.74) is 3.56. The van der Waals surface area contributed by atoms with Gasteiger partial charge in [0.1, 0.15) is 10.3 Å². The summed E-state index contributed by atoms with van der Waals surface area (Å²) < 4.78 is 28.1. The van der Waals surface area contributed by atoms with Gasteiger partial charge in [0.15, 0.2) is 0 Å². The highest BCUT2D eigenvalue weighted by molar-refractivity contribution is 7.91. The van der Waals surface area contributed by atoms with E-state index in [0.29, 0.717) is 12.1 Å². The number of hydrogen-bond donors (Lipinski definition) is 1. The number of carbonyl (C=O) groups is 1. The molecule has 3 aromatic rings. The lowest BCUT2D eigenvalue weighted by atomic mass is 9.95. The van der Waals surface area contributed by atoms with Crippen LogP contribution in [0.1, 0.15) is 16.7 Å². The zero-order valence-electron chi connectivity index (χ0n) is 15.3. The number of para-hydroxylation sites is 1. The molecule has 28 heavy (non-hydrogen) atoms. The van der Waals surface area contributed by atoms with Crippen molar-refractivity contribution in [3.05, 3.63) is 82.7 Å². The van der Waals surface area contributed by atoms with Crippen LogP contribution in [0.15, 0.2) is 70.3 Å². The Morgan fingerprint density at radius 3 is 2.46 bits per heavy atom. The van der Waals surface area contributed by atoms with E-state index in [9.17, 15) is 13.2 Å². The molecule has 0 saturated heterocycles. The van der Waals surface area contributed by atoms with E-state index < -0.39 is 16.1 Å². The molecule has 5 nitrogen and oxygen atoms in total. The van der Waals surface area contributed by atoms with Gasteiger partial charge in [-0.25, -0.2) is 8.42 Å². The van der Waals surface area contributed by atoms with Gasteiger partial charge >= 0.3 is 0 Å². The molecule has 1 amide bonds. The summed E-state index contributed by atoms with van der Waals surface area (Å²) in [5, 5.41) is 4.65. The Kier molecular flexibility index (Phi) is 5.05. The van der Waals surface area contributed by atoms with E-state index in [-0.39, 0.29) is 16.7 Å². The predicted octanol–water partition coefficient (Wildman–Crippen LogP) is 3.81. The molecule has 1 aliphatic heterocycles. The van der Waals surface area contributed by atoms with E-state index in [0.717, 1.165) is 28.0 Å². The Labute approximate surface area is 168 Å². The van der Waals surface area contributed by atoms with Gasteiger partial charge in [-0.2, -0.15) is 4.31 Å². The zero-order valence-corrected chi connectivity index (χ0v) is 17.0. The van der Waals surface area contributed by atoms with Crippen molar-refractivity contribution in [2.75, 3.05) is 5.32 Å². The van der Waals surface area contributed by atoms with E-state index >= 15 is 0 Å². The Morgan fingerprint density at radius 1 is 1.04 bits per heavy atom. The van der Waals surface area contributed by atoms with Crippen LogP contribution in [0.3, 0.4) is 0 Å². The van der Waals surface area contributed by atoms with Crippen LogP contribution in [-0.4, -0.2) is 24.7 Å². The molecule has 0 fully saturated rings. The topological polar surface area (TPSA) is 66.5 Å². The summed E-state index contributed by atoms with van der Waals surface area (Å²) >= 11 is 1.16. The maximum atomic E-state index is 13.2. The molecule has 0 bridgehead atoms. The largest absolute Gasteiger partial charge is 0.324 e. The van der Waals surface area contributed by atoms with Gasteiger partial charge in [-0.1, -0.05) is 48.5 Å². The van der Waals surface area contributed by atoms with Crippen LogP contribution in [0, 0.1) is 6.92 Å². The molecule has 1 N–H and O–H groups in total. The molecule has 4 rings (SSSR count). The third-order valence-corrected chi connectivity index (χ3v) is 8.20. The molecular formula is C21H20N2O3S2. The molecule has 7 heteroatoms. The maximum Gasteiger partial charge on any atom is 0.253 e. The van der Waals surface area contributed by atoms with Crippen molar-refractivity contribution >= 4 is 33.0 Å². The normalized spacial score (nSPS) is 17.1.